The molecule has 5 unspecified atom stereocenters. The lowest BCUT2D eigenvalue weighted by molar-refractivity contribution is -0.147. The molecule has 3 aliphatic rings. The molecule has 2 saturated heterocycles. The number of anilines is 1. The molecule has 2 fully saturated rings. The molecule has 3 amide bonds. The van der Waals surface area contributed by atoms with Gasteiger partial charge in [0.15, 0.2) is 0 Å². The van der Waals surface area contributed by atoms with Crippen LogP contribution in [0, 0.1) is 17.7 Å². The van der Waals surface area contributed by atoms with E-state index in [-0.39, 0.29) is 17.5 Å². The third-order valence-electron chi connectivity index (χ3n) is 6.97. The van der Waals surface area contributed by atoms with Crippen molar-refractivity contribution in [1.82, 2.24) is 10.2 Å². The molecule has 0 radical (unpaired) electrons. The van der Waals surface area contributed by atoms with Gasteiger partial charge in [0, 0.05) is 11.1 Å². The molecule has 3 heterocycles. The molecule has 33 heavy (non-hydrogen) atoms. The van der Waals surface area contributed by atoms with Crippen LogP contribution in [0.1, 0.15) is 48.0 Å². The lowest BCUT2D eigenvalue weighted by Gasteiger charge is -2.42. The van der Waals surface area contributed by atoms with Gasteiger partial charge in [-0.15, -0.1) is 0 Å². The van der Waals surface area contributed by atoms with Gasteiger partial charge >= 0.3 is 0 Å². The Labute approximate surface area is 193 Å². The number of fused-ring (bicyclic) bond motifs is 1. The first kappa shape index (κ1) is 23.4. The van der Waals surface area contributed by atoms with Gasteiger partial charge in [-0.1, -0.05) is 31.2 Å². The average molecular weight is 458 g/mol. The van der Waals surface area contributed by atoms with E-state index in [9.17, 15) is 18.8 Å². The van der Waals surface area contributed by atoms with Crippen molar-refractivity contribution in [2.45, 2.75) is 76.8 Å². The highest BCUT2D eigenvalue weighted by atomic mass is 19.1. The van der Waals surface area contributed by atoms with Crippen LogP contribution in [0.15, 0.2) is 36.4 Å². The fourth-order valence-corrected chi connectivity index (χ4v) is 5.21. The molecule has 1 aromatic rings. The van der Waals surface area contributed by atoms with Crippen LogP contribution >= 0.6 is 0 Å². The van der Waals surface area contributed by atoms with E-state index in [2.05, 4.69) is 10.6 Å². The second-order valence-corrected chi connectivity index (χ2v) is 10.8. The van der Waals surface area contributed by atoms with Crippen LogP contribution in [0.2, 0.25) is 0 Å². The number of ether oxygens (including phenoxy) is 1. The van der Waals surface area contributed by atoms with Crippen LogP contribution in [-0.2, 0) is 19.1 Å². The summed E-state index contributed by atoms with van der Waals surface area (Å²) >= 11 is 0. The normalized spacial score (nSPS) is 30.5. The van der Waals surface area contributed by atoms with E-state index in [0.29, 0.717) is 6.42 Å². The summed E-state index contributed by atoms with van der Waals surface area (Å²) < 4.78 is 20.5. The molecule has 2 bridgehead atoms. The highest BCUT2D eigenvalue weighted by Gasteiger charge is 2.74. The van der Waals surface area contributed by atoms with Crippen LogP contribution in [0.4, 0.5) is 10.1 Å². The number of likely N-dealkylation sites (tertiary alicyclic amines) is 1. The van der Waals surface area contributed by atoms with Crippen LogP contribution in [0.3, 0.4) is 0 Å². The largest absolute Gasteiger partial charge is 0.359 e. The number of benzene rings is 1. The van der Waals surface area contributed by atoms with Crippen LogP contribution < -0.4 is 10.6 Å². The molecule has 0 aromatic heterocycles. The molecule has 1 spiro atoms. The van der Waals surface area contributed by atoms with Crippen LogP contribution in [0.5, 0.6) is 0 Å². The zero-order valence-electron chi connectivity index (χ0n) is 19.9. The van der Waals surface area contributed by atoms with Gasteiger partial charge in [0.05, 0.1) is 23.6 Å². The summed E-state index contributed by atoms with van der Waals surface area (Å²) in [6, 6.07) is 4.96. The molecule has 3 aliphatic heterocycles. The fourth-order valence-electron chi connectivity index (χ4n) is 5.21. The molecule has 7 nitrogen and oxygen atoms in total. The molecular formula is C25H32FN3O4. The number of halogens is 1. The minimum absolute atomic E-state index is 0.0431. The predicted octanol–water partition coefficient (Wildman–Crippen LogP) is 3.02. The minimum Gasteiger partial charge on any atom is -0.359 e. The predicted molar refractivity (Wildman–Crippen MR) is 122 cm³/mol. The molecular weight excluding hydrogens is 425 g/mol. The Bertz CT molecular complexity index is 1030. The van der Waals surface area contributed by atoms with Crippen LogP contribution in [-0.4, -0.2) is 51.4 Å². The fraction of sp³-hybridized carbons (Fsp3) is 0.560. The molecule has 0 saturated carbocycles. The highest BCUT2D eigenvalue weighted by molar-refractivity contribution is 6.03. The summed E-state index contributed by atoms with van der Waals surface area (Å²) in [6.07, 6.45) is 3.46. The molecule has 8 heteroatoms. The first-order valence-electron chi connectivity index (χ1n) is 11.4. The second kappa shape index (κ2) is 7.65. The number of carbonyl (C=O) groups is 3. The SMILES string of the molecule is CCC(C)(C)N1C(=O)C2C(C(=O)Nc3ccccc3F)C3C=CC2(O3)C1C(=O)NC(C)(C)C. The van der Waals surface area contributed by atoms with E-state index in [1.165, 1.54) is 18.2 Å². The number of para-hydroxylation sites is 1. The van der Waals surface area contributed by atoms with E-state index in [1.54, 1.807) is 23.1 Å². The summed E-state index contributed by atoms with van der Waals surface area (Å²) in [6.45, 7) is 11.4. The number of rotatable bonds is 5. The van der Waals surface area contributed by atoms with Crippen molar-refractivity contribution in [3.8, 4) is 0 Å². The zero-order valence-corrected chi connectivity index (χ0v) is 19.9. The molecule has 4 rings (SSSR count). The van der Waals surface area contributed by atoms with E-state index in [0.717, 1.165) is 0 Å². The molecule has 0 aliphatic carbocycles. The van der Waals surface area contributed by atoms with Gasteiger partial charge in [0.2, 0.25) is 17.7 Å². The Morgan fingerprint density at radius 2 is 1.82 bits per heavy atom. The Kier molecular flexibility index (Phi) is 5.43. The average Bonchev–Trinajstić information content (AvgIpc) is 3.36. The summed E-state index contributed by atoms with van der Waals surface area (Å²) in [4.78, 5) is 42.3. The van der Waals surface area contributed by atoms with Crippen LogP contribution in [0.25, 0.3) is 0 Å². The zero-order chi connectivity index (χ0) is 24.3. The molecule has 5 atom stereocenters. The first-order chi connectivity index (χ1) is 15.3. The van der Waals surface area contributed by atoms with Gasteiger partial charge in [0.1, 0.15) is 17.5 Å². The Hall–Kier alpha value is -2.74. The van der Waals surface area contributed by atoms with Gasteiger partial charge in [-0.3, -0.25) is 14.4 Å². The van der Waals surface area contributed by atoms with Crippen molar-refractivity contribution < 1.29 is 23.5 Å². The van der Waals surface area contributed by atoms with Gasteiger partial charge in [-0.2, -0.15) is 0 Å². The summed E-state index contributed by atoms with van der Waals surface area (Å²) in [5, 5.41) is 5.61. The van der Waals surface area contributed by atoms with Gasteiger partial charge in [-0.25, -0.2) is 4.39 Å². The number of hydrogen-bond donors (Lipinski definition) is 2. The topological polar surface area (TPSA) is 87.7 Å². The maximum absolute atomic E-state index is 14.2. The molecule has 2 N–H and O–H groups in total. The van der Waals surface area contributed by atoms with E-state index >= 15 is 0 Å². The Morgan fingerprint density at radius 1 is 1.15 bits per heavy atom. The Balaban J connectivity index is 1.74. The third-order valence-corrected chi connectivity index (χ3v) is 6.97. The van der Waals surface area contributed by atoms with Crippen molar-refractivity contribution in [3.05, 3.63) is 42.2 Å². The maximum Gasteiger partial charge on any atom is 0.246 e. The quantitative estimate of drug-likeness (QED) is 0.666. The van der Waals surface area contributed by atoms with E-state index in [4.69, 9.17) is 4.74 Å². The smallest absolute Gasteiger partial charge is 0.246 e. The van der Waals surface area contributed by atoms with Crippen molar-refractivity contribution in [3.63, 3.8) is 0 Å². The van der Waals surface area contributed by atoms with E-state index < -0.39 is 52.4 Å². The van der Waals surface area contributed by atoms with Crippen molar-refractivity contribution in [2.75, 3.05) is 5.32 Å². The van der Waals surface area contributed by atoms with E-state index in [1.807, 2.05) is 41.5 Å². The first-order valence-corrected chi connectivity index (χ1v) is 11.4. The van der Waals surface area contributed by atoms with Gasteiger partial charge in [-0.05, 0) is 53.2 Å². The second-order valence-electron chi connectivity index (χ2n) is 10.8. The lowest BCUT2D eigenvalue weighted by Crippen LogP contribution is -2.61. The molecule has 178 valence electrons. The minimum atomic E-state index is -1.25. The standard InChI is InChI=1S/C25H32FN3O4/c1-7-24(5,6)29-19(21(31)28-23(2,3)4)25-13-12-16(33-25)17(18(25)22(29)32)20(30)27-15-11-9-8-10-14(15)26/h8-13,16-19H,7H2,1-6H3,(H,27,30)(H,28,31). The van der Waals surface area contributed by atoms with Crippen molar-refractivity contribution in [2.24, 2.45) is 11.8 Å². The number of nitrogens with zero attached hydrogens (tertiary/aromatic N) is 1. The van der Waals surface area contributed by atoms with Crippen molar-refractivity contribution in [1.29, 1.82) is 0 Å². The Morgan fingerprint density at radius 3 is 2.42 bits per heavy atom. The molecule has 1 aromatic carbocycles. The maximum atomic E-state index is 14.2. The van der Waals surface area contributed by atoms with Gasteiger partial charge in [0.25, 0.3) is 0 Å². The summed E-state index contributed by atoms with van der Waals surface area (Å²) in [7, 11) is 0. The number of hydrogen-bond acceptors (Lipinski definition) is 4. The number of amides is 3. The summed E-state index contributed by atoms with van der Waals surface area (Å²) in [5.74, 6) is -3.42. The van der Waals surface area contributed by atoms with Gasteiger partial charge < -0.3 is 20.3 Å². The highest BCUT2D eigenvalue weighted by Crippen LogP contribution is 2.56. The lowest BCUT2D eigenvalue weighted by atomic mass is 9.74. The third kappa shape index (κ3) is 3.64. The van der Waals surface area contributed by atoms with Crippen molar-refractivity contribution >= 4 is 23.4 Å². The summed E-state index contributed by atoms with van der Waals surface area (Å²) in [5.41, 5.74) is -2.36. The monoisotopic (exact) mass is 457 g/mol. The number of nitrogens with one attached hydrogen (secondary N) is 2. The number of carbonyl (C=O) groups excluding carboxylic acids is 3.